The first-order valence-corrected chi connectivity index (χ1v) is 11.0. The zero-order chi connectivity index (χ0) is 20.3. The zero-order valence-corrected chi connectivity index (χ0v) is 17.2. The van der Waals surface area contributed by atoms with E-state index in [1.54, 1.807) is 17.5 Å². The van der Waals surface area contributed by atoms with Crippen LogP contribution in [0.4, 0.5) is 11.1 Å². The molecule has 0 amide bonds. The van der Waals surface area contributed by atoms with E-state index in [9.17, 15) is 5.26 Å². The standard InChI is InChI=1S/C22H21N5O2S/c23-12-16-11-15(3-4-20(16)29-17-6-9-28-10-7-17)18-5-8-24-21(25-18)27-22-26-19(13-30-22)14-1-2-14/h3-5,8,11,13-14,17H,1-2,6-7,9-10H2,(H,24,25,26,27). The molecule has 152 valence electrons. The number of rotatable bonds is 6. The maximum Gasteiger partial charge on any atom is 0.229 e. The van der Waals surface area contributed by atoms with Crippen molar-refractivity contribution in [3.63, 3.8) is 0 Å². The molecule has 2 aromatic heterocycles. The molecule has 0 spiro atoms. The highest BCUT2D eigenvalue weighted by atomic mass is 32.1. The predicted octanol–water partition coefficient (Wildman–Crippen LogP) is 4.65. The fourth-order valence-electron chi connectivity index (χ4n) is 3.44. The molecule has 1 N–H and O–H groups in total. The second-order valence-electron chi connectivity index (χ2n) is 7.49. The summed E-state index contributed by atoms with van der Waals surface area (Å²) in [5.41, 5.74) is 3.23. The van der Waals surface area contributed by atoms with Gasteiger partial charge in [-0.2, -0.15) is 5.26 Å². The molecule has 0 radical (unpaired) electrons. The lowest BCUT2D eigenvalue weighted by atomic mass is 10.1. The van der Waals surface area contributed by atoms with E-state index in [0.29, 0.717) is 36.4 Å². The summed E-state index contributed by atoms with van der Waals surface area (Å²) in [4.78, 5) is 13.5. The van der Waals surface area contributed by atoms with Crippen LogP contribution in [0.25, 0.3) is 11.3 Å². The summed E-state index contributed by atoms with van der Waals surface area (Å²) >= 11 is 1.57. The van der Waals surface area contributed by atoms with Crippen molar-refractivity contribution < 1.29 is 9.47 Å². The molecule has 3 aromatic rings. The number of hydrogen-bond acceptors (Lipinski definition) is 8. The van der Waals surface area contributed by atoms with E-state index in [1.807, 2.05) is 24.3 Å². The lowest BCUT2D eigenvalue weighted by molar-refractivity contribution is 0.0254. The van der Waals surface area contributed by atoms with Crippen molar-refractivity contribution in [1.29, 1.82) is 5.26 Å². The monoisotopic (exact) mass is 419 g/mol. The fraction of sp³-hybridized carbons (Fsp3) is 0.364. The van der Waals surface area contributed by atoms with Gasteiger partial charge in [-0.1, -0.05) is 0 Å². The summed E-state index contributed by atoms with van der Waals surface area (Å²) in [6.07, 6.45) is 5.93. The minimum atomic E-state index is 0.0883. The zero-order valence-electron chi connectivity index (χ0n) is 16.4. The average Bonchev–Trinajstić information content (AvgIpc) is 3.54. The number of anilines is 2. The molecule has 7 nitrogen and oxygen atoms in total. The molecule has 30 heavy (non-hydrogen) atoms. The Labute approximate surface area is 178 Å². The van der Waals surface area contributed by atoms with Crippen LogP contribution in [0.15, 0.2) is 35.8 Å². The Balaban J connectivity index is 1.34. The first-order chi connectivity index (χ1) is 14.8. The smallest absolute Gasteiger partial charge is 0.229 e. The molecule has 0 unspecified atom stereocenters. The molecule has 2 aliphatic rings. The number of ether oxygens (including phenoxy) is 2. The van der Waals surface area contributed by atoms with Crippen LogP contribution in [0.5, 0.6) is 5.75 Å². The van der Waals surface area contributed by atoms with Gasteiger partial charge in [-0.05, 0) is 37.1 Å². The maximum absolute atomic E-state index is 9.61. The minimum absolute atomic E-state index is 0.0883. The average molecular weight is 420 g/mol. The number of hydrogen-bond donors (Lipinski definition) is 1. The van der Waals surface area contributed by atoms with E-state index in [4.69, 9.17) is 9.47 Å². The van der Waals surface area contributed by atoms with Gasteiger partial charge in [0.2, 0.25) is 5.95 Å². The molecule has 1 aromatic carbocycles. The highest BCUT2D eigenvalue weighted by Gasteiger charge is 2.26. The predicted molar refractivity (Wildman–Crippen MR) is 114 cm³/mol. The Morgan fingerprint density at radius 3 is 2.80 bits per heavy atom. The molecule has 1 saturated carbocycles. The van der Waals surface area contributed by atoms with Gasteiger partial charge in [0.15, 0.2) is 5.13 Å². The van der Waals surface area contributed by atoms with Crippen LogP contribution in [-0.4, -0.2) is 34.3 Å². The van der Waals surface area contributed by atoms with E-state index in [0.717, 1.165) is 34.9 Å². The SMILES string of the molecule is N#Cc1cc(-c2ccnc(Nc3nc(C4CC4)cs3)n2)ccc1OC1CCOCC1. The first-order valence-electron chi connectivity index (χ1n) is 10.1. The molecule has 8 heteroatoms. The van der Waals surface area contributed by atoms with Crippen molar-refractivity contribution in [2.75, 3.05) is 18.5 Å². The summed E-state index contributed by atoms with van der Waals surface area (Å²) in [6.45, 7) is 1.39. The van der Waals surface area contributed by atoms with Crippen LogP contribution in [0.2, 0.25) is 0 Å². The number of nitriles is 1. The van der Waals surface area contributed by atoms with Gasteiger partial charge in [-0.25, -0.2) is 15.0 Å². The Hall–Kier alpha value is -3.02. The summed E-state index contributed by atoms with van der Waals surface area (Å²) in [5, 5.41) is 15.7. The summed E-state index contributed by atoms with van der Waals surface area (Å²) < 4.78 is 11.4. The number of nitrogens with zero attached hydrogens (tertiary/aromatic N) is 4. The van der Waals surface area contributed by atoms with Gasteiger partial charge in [0, 0.05) is 35.9 Å². The lowest BCUT2D eigenvalue weighted by Gasteiger charge is -2.23. The quantitative estimate of drug-likeness (QED) is 0.621. The molecule has 1 aliphatic carbocycles. The van der Waals surface area contributed by atoms with Crippen LogP contribution >= 0.6 is 11.3 Å². The van der Waals surface area contributed by atoms with Crippen LogP contribution in [-0.2, 0) is 4.74 Å². The van der Waals surface area contributed by atoms with Crippen molar-refractivity contribution in [3.05, 3.63) is 47.1 Å². The Bertz CT molecular complexity index is 1080. The normalized spacial score (nSPS) is 16.8. The molecule has 2 fully saturated rings. The van der Waals surface area contributed by atoms with Gasteiger partial charge < -0.3 is 14.8 Å². The number of thiazole rings is 1. The van der Waals surface area contributed by atoms with E-state index in [-0.39, 0.29) is 6.10 Å². The van der Waals surface area contributed by atoms with Crippen molar-refractivity contribution >= 4 is 22.4 Å². The molecular weight excluding hydrogens is 398 g/mol. The number of benzene rings is 1. The van der Waals surface area contributed by atoms with Crippen molar-refractivity contribution in [3.8, 4) is 23.1 Å². The van der Waals surface area contributed by atoms with Crippen LogP contribution in [0, 0.1) is 11.3 Å². The number of nitrogens with one attached hydrogen (secondary N) is 1. The Kier molecular flexibility index (Phi) is 5.30. The molecule has 0 atom stereocenters. The second kappa shape index (κ2) is 8.38. The van der Waals surface area contributed by atoms with E-state index in [2.05, 4.69) is 31.7 Å². The van der Waals surface area contributed by atoms with Crippen LogP contribution in [0.3, 0.4) is 0 Å². The number of aromatic nitrogens is 3. The van der Waals surface area contributed by atoms with Gasteiger partial charge in [-0.15, -0.1) is 11.3 Å². The van der Waals surface area contributed by atoms with Crippen molar-refractivity contribution in [2.45, 2.75) is 37.7 Å². The third kappa shape index (κ3) is 4.27. The highest BCUT2D eigenvalue weighted by Crippen LogP contribution is 2.41. The summed E-state index contributed by atoms with van der Waals surface area (Å²) in [6, 6.07) is 9.67. The van der Waals surface area contributed by atoms with Crippen LogP contribution in [0.1, 0.15) is 42.9 Å². The molecule has 3 heterocycles. The first kappa shape index (κ1) is 19.0. The van der Waals surface area contributed by atoms with Gasteiger partial charge in [-0.3, -0.25) is 0 Å². The topological polar surface area (TPSA) is 93.0 Å². The molecule has 0 bridgehead atoms. The Morgan fingerprint density at radius 2 is 2.00 bits per heavy atom. The largest absolute Gasteiger partial charge is 0.489 e. The Morgan fingerprint density at radius 1 is 1.13 bits per heavy atom. The van der Waals surface area contributed by atoms with Crippen molar-refractivity contribution in [1.82, 2.24) is 15.0 Å². The molecule has 5 rings (SSSR count). The third-order valence-electron chi connectivity index (χ3n) is 5.25. The van der Waals surface area contributed by atoms with E-state index >= 15 is 0 Å². The van der Waals surface area contributed by atoms with Gasteiger partial charge in [0.1, 0.15) is 17.9 Å². The van der Waals surface area contributed by atoms with Crippen molar-refractivity contribution in [2.24, 2.45) is 0 Å². The summed E-state index contributed by atoms with van der Waals surface area (Å²) in [7, 11) is 0. The van der Waals surface area contributed by atoms with E-state index in [1.165, 1.54) is 12.8 Å². The van der Waals surface area contributed by atoms with Crippen LogP contribution < -0.4 is 10.1 Å². The second-order valence-corrected chi connectivity index (χ2v) is 8.35. The summed E-state index contributed by atoms with van der Waals surface area (Å²) in [5.74, 6) is 1.72. The maximum atomic E-state index is 9.61. The van der Waals surface area contributed by atoms with E-state index < -0.39 is 0 Å². The molecule has 1 aliphatic heterocycles. The van der Waals surface area contributed by atoms with Gasteiger partial charge in [0.25, 0.3) is 0 Å². The molecule has 1 saturated heterocycles. The third-order valence-corrected chi connectivity index (χ3v) is 6.03. The fourth-order valence-corrected chi connectivity index (χ4v) is 4.22. The molecular formula is C22H21N5O2S. The minimum Gasteiger partial charge on any atom is -0.489 e. The highest BCUT2D eigenvalue weighted by molar-refractivity contribution is 7.13. The lowest BCUT2D eigenvalue weighted by Crippen LogP contribution is -2.26. The van der Waals surface area contributed by atoms with Gasteiger partial charge >= 0.3 is 0 Å². The van der Waals surface area contributed by atoms with Gasteiger partial charge in [0.05, 0.1) is 30.2 Å².